The molecular weight excluding hydrogens is 386 g/mol. The molecule has 0 radical (unpaired) electrons. The zero-order valence-corrected chi connectivity index (χ0v) is 17.2. The smallest absolute Gasteiger partial charge is 0.241 e. The molecule has 3 N–H and O–H groups in total. The first kappa shape index (κ1) is 21.4. The molecule has 1 amide bonds. The molecule has 0 heterocycles. The lowest BCUT2D eigenvalue weighted by molar-refractivity contribution is -0.872. The van der Waals surface area contributed by atoms with E-state index in [0.29, 0.717) is 11.6 Å². The van der Waals surface area contributed by atoms with Gasteiger partial charge in [-0.15, -0.1) is 0 Å². The van der Waals surface area contributed by atoms with Crippen LogP contribution >= 0.6 is 11.6 Å². The van der Waals surface area contributed by atoms with Gasteiger partial charge in [-0.2, -0.15) is 4.72 Å². The molecule has 1 atom stereocenters. The van der Waals surface area contributed by atoms with Crippen LogP contribution in [0.3, 0.4) is 0 Å². The first-order chi connectivity index (χ1) is 12.7. The van der Waals surface area contributed by atoms with Gasteiger partial charge in [0.2, 0.25) is 15.9 Å². The lowest BCUT2D eigenvalue weighted by atomic mass is 10.1. The van der Waals surface area contributed by atoms with Crippen molar-refractivity contribution < 1.29 is 18.1 Å². The molecule has 0 bridgehead atoms. The molecule has 27 heavy (non-hydrogen) atoms. The number of sulfonamides is 1. The molecule has 0 saturated heterocycles. The first-order valence-electron chi connectivity index (χ1n) is 8.60. The van der Waals surface area contributed by atoms with Crippen molar-refractivity contribution in [3.63, 3.8) is 0 Å². The number of amides is 1. The summed E-state index contributed by atoms with van der Waals surface area (Å²) in [6, 6.07) is 12.9. The minimum absolute atomic E-state index is 0.0222. The first-order valence-corrected chi connectivity index (χ1v) is 10.5. The monoisotopic (exact) mass is 410 g/mol. The number of nitrogens with one attached hydrogen (secondary N) is 3. The average Bonchev–Trinajstić information content (AvgIpc) is 2.60. The van der Waals surface area contributed by atoms with Crippen molar-refractivity contribution in [3.05, 3.63) is 64.7 Å². The van der Waals surface area contributed by atoms with E-state index < -0.39 is 22.0 Å². The van der Waals surface area contributed by atoms with E-state index in [1.807, 2.05) is 24.3 Å². The summed E-state index contributed by atoms with van der Waals surface area (Å²) >= 11 is 5.85. The third kappa shape index (κ3) is 6.32. The predicted molar refractivity (Wildman–Crippen MR) is 106 cm³/mol. The van der Waals surface area contributed by atoms with Crippen LogP contribution in [-0.2, 0) is 27.9 Å². The number of halogens is 1. The molecule has 6 nitrogen and oxygen atoms in total. The Morgan fingerprint density at radius 1 is 1.11 bits per heavy atom. The Kier molecular flexibility index (Phi) is 7.38. The Morgan fingerprint density at radius 2 is 1.78 bits per heavy atom. The molecule has 0 saturated carbocycles. The van der Waals surface area contributed by atoms with Gasteiger partial charge in [-0.25, -0.2) is 8.42 Å². The average molecular weight is 411 g/mol. The zero-order valence-electron chi connectivity index (χ0n) is 15.6. The predicted octanol–water partition coefficient (Wildman–Crippen LogP) is 0.968. The van der Waals surface area contributed by atoms with Crippen molar-refractivity contribution in [2.24, 2.45) is 0 Å². The second kappa shape index (κ2) is 9.32. The van der Waals surface area contributed by atoms with Crippen LogP contribution in [0.1, 0.15) is 18.1 Å². The van der Waals surface area contributed by atoms with E-state index in [1.54, 1.807) is 12.1 Å². The summed E-state index contributed by atoms with van der Waals surface area (Å²) in [6.07, 6.45) is 0. The van der Waals surface area contributed by atoms with Gasteiger partial charge < -0.3 is 10.2 Å². The van der Waals surface area contributed by atoms with E-state index in [-0.39, 0.29) is 4.90 Å². The lowest BCUT2D eigenvalue weighted by Crippen LogP contribution is -3.04. The topological polar surface area (TPSA) is 79.7 Å². The third-order valence-electron chi connectivity index (χ3n) is 3.95. The fourth-order valence-electron chi connectivity index (χ4n) is 2.61. The molecule has 0 aliphatic rings. The zero-order chi connectivity index (χ0) is 20.0. The quantitative estimate of drug-likeness (QED) is 0.606. The number of quaternary nitrogens is 1. The summed E-state index contributed by atoms with van der Waals surface area (Å²) in [5, 5.41) is 3.11. The number of carbonyl (C=O) groups excluding carboxylic acids is 1. The molecular formula is C19H25ClN3O3S+. The molecule has 2 rings (SSSR count). The van der Waals surface area contributed by atoms with Crippen molar-refractivity contribution in [1.29, 1.82) is 0 Å². The number of hydrogen-bond donors (Lipinski definition) is 3. The van der Waals surface area contributed by atoms with E-state index in [4.69, 9.17) is 11.6 Å². The highest BCUT2D eigenvalue weighted by Gasteiger charge is 2.22. The maximum Gasteiger partial charge on any atom is 0.241 e. The minimum Gasteiger partial charge on any atom is -0.351 e. The second-order valence-corrected chi connectivity index (χ2v) is 8.82. The molecule has 0 unspecified atom stereocenters. The third-order valence-corrected chi connectivity index (χ3v) is 5.72. The summed E-state index contributed by atoms with van der Waals surface area (Å²) in [5.41, 5.74) is 2.15. The van der Waals surface area contributed by atoms with Crippen LogP contribution in [-0.4, -0.2) is 34.5 Å². The molecule has 8 heteroatoms. The summed E-state index contributed by atoms with van der Waals surface area (Å²) in [7, 11) is 0.283. The van der Waals surface area contributed by atoms with Gasteiger partial charge in [0.1, 0.15) is 6.54 Å². The van der Waals surface area contributed by atoms with Gasteiger partial charge in [-0.05, 0) is 30.7 Å². The fourth-order valence-corrected chi connectivity index (χ4v) is 4.11. The van der Waals surface area contributed by atoms with Crippen molar-refractivity contribution >= 4 is 27.5 Å². The highest BCUT2D eigenvalue weighted by atomic mass is 35.5. The molecule has 0 aliphatic heterocycles. The summed E-state index contributed by atoms with van der Waals surface area (Å²) in [5.74, 6) is -0.396. The molecule has 2 aromatic rings. The Labute approximate surface area is 165 Å². The minimum atomic E-state index is -3.83. The van der Waals surface area contributed by atoms with E-state index in [1.165, 1.54) is 24.0 Å². The van der Waals surface area contributed by atoms with E-state index in [0.717, 1.165) is 17.7 Å². The lowest BCUT2D eigenvalue weighted by Gasteiger charge is -2.16. The van der Waals surface area contributed by atoms with E-state index in [2.05, 4.69) is 24.1 Å². The SMILES string of the molecule is C[C@H](NS(=O)(=O)c1cccc(Cl)c1)C(=O)NCc1ccccc1C[NH+](C)C. The highest BCUT2D eigenvalue weighted by molar-refractivity contribution is 7.89. The standard InChI is InChI=1S/C19H24ClN3O3S/c1-14(22-27(25,26)18-10-6-9-17(20)11-18)19(24)21-12-15-7-4-5-8-16(15)13-23(2)3/h4-11,14,22H,12-13H2,1-3H3,(H,21,24)/p+1/t14-/m0/s1. The second-order valence-electron chi connectivity index (χ2n) is 6.67. The van der Waals surface area contributed by atoms with Crippen LogP contribution in [0.25, 0.3) is 0 Å². The van der Waals surface area contributed by atoms with Crippen molar-refractivity contribution in [2.75, 3.05) is 14.1 Å². The molecule has 146 valence electrons. The Balaban J connectivity index is 2.00. The number of rotatable bonds is 8. The van der Waals surface area contributed by atoms with Gasteiger partial charge in [0.25, 0.3) is 0 Å². The Bertz CT molecular complexity index is 901. The van der Waals surface area contributed by atoms with Gasteiger partial charge in [0, 0.05) is 17.1 Å². The maximum atomic E-state index is 12.4. The molecule has 0 fully saturated rings. The molecule has 0 aromatic heterocycles. The number of hydrogen-bond acceptors (Lipinski definition) is 3. The number of benzene rings is 2. The highest BCUT2D eigenvalue weighted by Crippen LogP contribution is 2.15. The van der Waals surface area contributed by atoms with Gasteiger partial charge in [-0.3, -0.25) is 4.79 Å². The Morgan fingerprint density at radius 3 is 2.41 bits per heavy atom. The van der Waals surface area contributed by atoms with Crippen LogP contribution < -0.4 is 14.9 Å². The number of carbonyl (C=O) groups is 1. The Hall–Kier alpha value is -1.93. The van der Waals surface area contributed by atoms with Gasteiger partial charge in [0.15, 0.2) is 0 Å². The van der Waals surface area contributed by atoms with Gasteiger partial charge in [-0.1, -0.05) is 41.9 Å². The van der Waals surface area contributed by atoms with Crippen LogP contribution in [0.15, 0.2) is 53.4 Å². The molecule has 2 aromatic carbocycles. The van der Waals surface area contributed by atoms with Crippen molar-refractivity contribution in [3.8, 4) is 0 Å². The van der Waals surface area contributed by atoms with Crippen LogP contribution in [0.4, 0.5) is 0 Å². The van der Waals surface area contributed by atoms with Crippen molar-refractivity contribution in [2.45, 2.75) is 31.0 Å². The summed E-state index contributed by atoms with van der Waals surface area (Å²) < 4.78 is 27.2. The van der Waals surface area contributed by atoms with Gasteiger partial charge >= 0.3 is 0 Å². The molecule has 0 aliphatic carbocycles. The normalized spacial score (nSPS) is 12.8. The van der Waals surface area contributed by atoms with Crippen LogP contribution in [0.5, 0.6) is 0 Å². The maximum absolute atomic E-state index is 12.4. The largest absolute Gasteiger partial charge is 0.351 e. The van der Waals surface area contributed by atoms with Crippen LogP contribution in [0.2, 0.25) is 5.02 Å². The van der Waals surface area contributed by atoms with E-state index >= 15 is 0 Å². The summed E-state index contributed by atoms with van der Waals surface area (Å²) in [6.45, 7) is 2.68. The van der Waals surface area contributed by atoms with Crippen molar-refractivity contribution in [1.82, 2.24) is 10.0 Å². The molecule has 0 spiro atoms. The summed E-state index contributed by atoms with van der Waals surface area (Å²) in [4.78, 5) is 13.7. The fraction of sp³-hybridized carbons (Fsp3) is 0.316. The van der Waals surface area contributed by atoms with E-state index in [9.17, 15) is 13.2 Å². The van der Waals surface area contributed by atoms with Gasteiger partial charge in [0.05, 0.1) is 25.0 Å². The van der Waals surface area contributed by atoms with Crippen LogP contribution in [0, 0.1) is 0 Å².